The van der Waals surface area contributed by atoms with E-state index in [4.69, 9.17) is 5.73 Å². The van der Waals surface area contributed by atoms with E-state index in [1.165, 1.54) is 6.42 Å². The van der Waals surface area contributed by atoms with Gasteiger partial charge in [0.25, 0.3) is 0 Å². The van der Waals surface area contributed by atoms with E-state index in [2.05, 4.69) is 0 Å². The number of likely N-dealkylation sites (N-methyl/N-ethyl adjacent to an activating group) is 1. The van der Waals surface area contributed by atoms with Gasteiger partial charge < -0.3 is 10.6 Å². The summed E-state index contributed by atoms with van der Waals surface area (Å²) in [5, 5.41) is 0. The predicted octanol–water partition coefficient (Wildman–Crippen LogP) is 0.366. The molecule has 15 heavy (non-hydrogen) atoms. The summed E-state index contributed by atoms with van der Waals surface area (Å²) in [4.78, 5) is 24.4. The number of carbonyl (C=O) groups excluding carboxylic acids is 2. The third kappa shape index (κ3) is 2.13. The molecular formula is C11H18N2O2. The van der Waals surface area contributed by atoms with E-state index in [0.717, 1.165) is 24.7 Å². The highest BCUT2D eigenvalue weighted by atomic mass is 16.2. The highest BCUT2D eigenvalue weighted by Gasteiger charge is 2.48. The van der Waals surface area contributed by atoms with Crippen molar-refractivity contribution in [3.63, 3.8) is 0 Å². The molecule has 2 unspecified atom stereocenters. The molecule has 2 atom stereocenters. The molecule has 4 heteroatoms. The van der Waals surface area contributed by atoms with Crippen LogP contribution in [-0.2, 0) is 9.59 Å². The number of carbonyl (C=O) groups is 2. The molecule has 0 aromatic heterocycles. The minimum Gasteiger partial charge on any atom is -0.368 e. The summed E-state index contributed by atoms with van der Waals surface area (Å²) in [5.41, 5.74) is 5.11. The van der Waals surface area contributed by atoms with Crippen molar-refractivity contribution in [2.45, 2.75) is 26.2 Å². The standard InChI is InChI=1S/C11H18N2O2/c1-2-13(6-10(12)14)11(15)9-4-7-3-8(7)5-9/h7-9H,2-6H2,1H3,(H2,12,14). The lowest BCUT2D eigenvalue weighted by Gasteiger charge is -2.23. The second-order valence-electron chi connectivity index (χ2n) is 4.74. The summed E-state index contributed by atoms with van der Waals surface area (Å²) in [6.45, 7) is 2.53. The van der Waals surface area contributed by atoms with Gasteiger partial charge in [-0.25, -0.2) is 0 Å². The summed E-state index contributed by atoms with van der Waals surface area (Å²) in [7, 11) is 0. The van der Waals surface area contributed by atoms with Gasteiger partial charge in [-0.15, -0.1) is 0 Å². The minimum atomic E-state index is -0.423. The van der Waals surface area contributed by atoms with Crippen LogP contribution in [0.5, 0.6) is 0 Å². The first kappa shape index (κ1) is 10.5. The average Bonchev–Trinajstić information content (AvgIpc) is 2.81. The molecule has 2 aliphatic rings. The van der Waals surface area contributed by atoms with Crippen LogP contribution in [0.4, 0.5) is 0 Å². The minimum absolute atomic E-state index is 0.0706. The summed E-state index contributed by atoms with van der Waals surface area (Å²) >= 11 is 0. The number of hydrogen-bond donors (Lipinski definition) is 1. The Labute approximate surface area is 89.8 Å². The SMILES string of the molecule is CCN(CC(N)=O)C(=O)C1CC2CC2C1. The number of nitrogens with zero attached hydrogens (tertiary/aromatic N) is 1. The molecule has 4 nitrogen and oxygen atoms in total. The summed E-state index contributed by atoms with van der Waals surface area (Å²) < 4.78 is 0. The van der Waals surface area contributed by atoms with Gasteiger partial charge in [0.15, 0.2) is 0 Å². The molecule has 84 valence electrons. The van der Waals surface area contributed by atoms with Gasteiger partial charge in [0.1, 0.15) is 0 Å². The van der Waals surface area contributed by atoms with E-state index in [-0.39, 0.29) is 18.4 Å². The van der Waals surface area contributed by atoms with Crippen molar-refractivity contribution < 1.29 is 9.59 Å². The molecule has 0 spiro atoms. The van der Waals surface area contributed by atoms with Gasteiger partial charge >= 0.3 is 0 Å². The Bertz CT molecular complexity index is 280. The fourth-order valence-electron chi connectivity index (χ4n) is 2.71. The second-order valence-corrected chi connectivity index (χ2v) is 4.74. The number of primary amides is 1. The fraction of sp³-hybridized carbons (Fsp3) is 0.818. The lowest BCUT2D eigenvalue weighted by Crippen LogP contribution is -2.41. The number of hydrogen-bond acceptors (Lipinski definition) is 2. The molecule has 2 saturated carbocycles. The second kappa shape index (κ2) is 3.83. The Kier molecular flexibility index (Phi) is 2.67. The monoisotopic (exact) mass is 210 g/mol. The quantitative estimate of drug-likeness (QED) is 0.728. The zero-order valence-electron chi connectivity index (χ0n) is 9.11. The molecule has 0 aromatic rings. The molecule has 2 N–H and O–H groups in total. The zero-order chi connectivity index (χ0) is 11.0. The maximum absolute atomic E-state index is 12.0. The van der Waals surface area contributed by atoms with Crippen molar-refractivity contribution in [2.24, 2.45) is 23.5 Å². The number of amides is 2. The third-order valence-corrected chi connectivity index (χ3v) is 3.63. The van der Waals surface area contributed by atoms with Crippen LogP contribution in [0.3, 0.4) is 0 Å². The van der Waals surface area contributed by atoms with Crippen LogP contribution in [0.15, 0.2) is 0 Å². The van der Waals surface area contributed by atoms with Crippen LogP contribution < -0.4 is 5.73 Å². The van der Waals surface area contributed by atoms with Gasteiger partial charge in [0, 0.05) is 12.5 Å². The predicted molar refractivity (Wildman–Crippen MR) is 55.8 cm³/mol. The molecule has 0 heterocycles. The van der Waals surface area contributed by atoms with Gasteiger partial charge in [-0.05, 0) is 38.0 Å². The average molecular weight is 210 g/mol. The summed E-state index contributed by atoms with van der Waals surface area (Å²) in [5.74, 6) is 1.46. The maximum Gasteiger partial charge on any atom is 0.237 e. The Hall–Kier alpha value is -1.06. The lowest BCUT2D eigenvalue weighted by atomic mass is 10.0. The van der Waals surface area contributed by atoms with Crippen LogP contribution in [0.1, 0.15) is 26.2 Å². The van der Waals surface area contributed by atoms with E-state index < -0.39 is 5.91 Å². The van der Waals surface area contributed by atoms with Crippen LogP contribution in [0, 0.1) is 17.8 Å². The molecule has 2 amide bonds. The molecule has 2 aliphatic carbocycles. The Morgan fingerprint density at radius 1 is 1.27 bits per heavy atom. The van der Waals surface area contributed by atoms with Crippen LogP contribution in [-0.4, -0.2) is 29.8 Å². The molecular weight excluding hydrogens is 192 g/mol. The molecule has 0 radical (unpaired) electrons. The van der Waals surface area contributed by atoms with Crippen molar-refractivity contribution >= 4 is 11.8 Å². The van der Waals surface area contributed by atoms with Crippen LogP contribution in [0.25, 0.3) is 0 Å². The van der Waals surface area contributed by atoms with E-state index >= 15 is 0 Å². The van der Waals surface area contributed by atoms with Gasteiger partial charge in [-0.3, -0.25) is 9.59 Å². The Morgan fingerprint density at radius 3 is 2.33 bits per heavy atom. The topological polar surface area (TPSA) is 63.4 Å². The molecule has 0 aromatic carbocycles. The third-order valence-electron chi connectivity index (χ3n) is 3.63. The number of nitrogens with two attached hydrogens (primary N) is 1. The van der Waals surface area contributed by atoms with Crippen molar-refractivity contribution in [3.05, 3.63) is 0 Å². The lowest BCUT2D eigenvalue weighted by molar-refractivity contribution is -0.138. The van der Waals surface area contributed by atoms with E-state index in [1.807, 2.05) is 6.92 Å². The Balaban J connectivity index is 1.89. The van der Waals surface area contributed by atoms with Crippen molar-refractivity contribution in [3.8, 4) is 0 Å². The van der Waals surface area contributed by atoms with Gasteiger partial charge in [0.05, 0.1) is 6.54 Å². The largest absolute Gasteiger partial charge is 0.368 e. The smallest absolute Gasteiger partial charge is 0.237 e. The normalized spacial score (nSPS) is 32.2. The summed E-state index contributed by atoms with van der Waals surface area (Å²) in [6, 6.07) is 0. The van der Waals surface area contributed by atoms with Gasteiger partial charge in [0.2, 0.25) is 11.8 Å². The highest BCUT2D eigenvalue weighted by Crippen LogP contribution is 2.54. The van der Waals surface area contributed by atoms with Gasteiger partial charge in [-0.2, -0.15) is 0 Å². The molecule has 2 fully saturated rings. The first-order chi connectivity index (χ1) is 7.11. The fourth-order valence-corrected chi connectivity index (χ4v) is 2.71. The number of rotatable bonds is 4. The van der Waals surface area contributed by atoms with Gasteiger partial charge in [-0.1, -0.05) is 0 Å². The van der Waals surface area contributed by atoms with E-state index in [0.29, 0.717) is 6.54 Å². The molecule has 0 saturated heterocycles. The summed E-state index contributed by atoms with van der Waals surface area (Å²) in [6.07, 6.45) is 3.36. The van der Waals surface area contributed by atoms with Crippen molar-refractivity contribution in [1.82, 2.24) is 4.90 Å². The van der Waals surface area contributed by atoms with Crippen LogP contribution in [0.2, 0.25) is 0 Å². The Morgan fingerprint density at radius 2 is 1.87 bits per heavy atom. The first-order valence-corrected chi connectivity index (χ1v) is 5.69. The van der Waals surface area contributed by atoms with Crippen molar-refractivity contribution in [1.29, 1.82) is 0 Å². The molecule has 0 aliphatic heterocycles. The molecule has 0 bridgehead atoms. The highest BCUT2D eigenvalue weighted by molar-refractivity contribution is 5.85. The molecule has 2 rings (SSSR count). The maximum atomic E-state index is 12.0. The van der Waals surface area contributed by atoms with Crippen LogP contribution >= 0.6 is 0 Å². The zero-order valence-corrected chi connectivity index (χ0v) is 9.11. The van der Waals surface area contributed by atoms with E-state index in [9.17, 15) is 9.59 Å². The van der Waals surface area contributed by atoms with E-state index in [1.54, 1.807) is 4.90 Å². The number of fused-ring (bicyclic) bond motifs is 1. The van der Waals surface area contributed by atoms with Crippen molar-refractivity contribution in [2.75, 3.05) is 13.1 Å². The first-order valence-electron chi connectivity index (χ1n) is 5.69.